The number of nitrogens with one attached hydrogen (secondary N) is 1. The first-order valence-corrected chi connectivity index (χ1v) is 7.52. The average Bonchev–Trinajstić information content (AvgIpc) is 2.57. The summed E-state index contributed by atoms with van der Waals surface area (Å²) in [6.07, 6.45) is 1.65. The maximum absolute atomic E-state index is 12.3. The van der Waals surface area contributed by atoms with Gasteiger partial charge in [0.2, 0.25) is 0 Å². The van der Waals surface area contributed by atoms with Gasteiger partial charge in [0.1, 0.15) is 0 Å². The number of aromatic nitrogens is 2. The highest BCUT2D eigenvalue weighted by molar-refractivity contribution is 6.33. The minimum absolute atomic E-state index is 0.171. The smallest absolute Gasteiger partial charge is 0.274 e. The molecular weight excluding hydrogens is 314 g/mol. The van der Waals surface area contributed by atoms with Gasteiger partial charge in [-0.3, -0.25) is 9.59 Å². The standard InChI is InChI=1S/C17H14ClN3O2/c18-15-8-4-3-7-14(15)16(22)19-9-10-21-17(23)13-6-2-1-5-12(13)11-20-21/h1-8,11H,9-10H2,(H,19,22). The molecule has 0 atom stereocenters. The summed E-state index contributed by atoms with van der Waals surface area (Å²) >= 11 is 5.98. The number of fused-ring (bicyclic) bond motifs is 1. The van der Waals surface area contributed by atoms with Crippen LogP contribution < -0.4 is 10.9 Å². The SMILES string of the molecule is O=C(NCCn1ncc2ccccc2c1=O)c1ccccc1Cl. The summed E-state index contributed by atoms with van der Waals surface area (Å²) in [6, 6.07) is 14.1. The molecule has 0 radical (unpaired) electrons. The van der Waals surface area contributed by atoms with Gasteiger partial charge in [-0.15, -0.1) is 0 Å². The third-order valence-electron chi connectivity index (χ3n) is 3.49. The van der Waals surface area contributed by atoms with Crippen LogP contribution in [0.3, 0.4) is 0 Å². The molecule has 0 spiro atoms. The van der Waals surface area contributed by atoms with Gasteiger partial charge in [0.15, 0.2) is 0 Å². The lowest BCUT2D eigenvalue weighted by Gasteiger charge is -2.08. The Morgan fingerprint density at radius 1 is 1.13 bits per heavy atom. The van der Waals surface area contributed by atoms with Crippen molar-refractivity contribution in [2.24, 2.45) is 0 Å². The van der Waals surface area contributed by atoms with Gasteiger partial charge in [0.05, 0.1) is 28.7 Å². The Bertz CT molecular complexity index is 921. The first kappa shape index (κ1) is 15.2. The van der Waals surface area contributed by atoms with Crippen LogP contribution in [0.1, 0.15) is 10.4 Å². The lowest BCUT2D eigenvalue weighted by molar-refractivity contribution is 0.0952. The van der Waals surface area contributed by atoms with Crippen LogP contribution in [0.2, 0.25) is 5.02 Å². The van der Waals surface area contributed by atoms with Gasteiger partial charge in [-0.1, -0.05) is 41.9 Å². The molecule has 0 aliphatic carbocycles. The van der Waals surface area contributed by atoms with Gasteiger partial charge in [-0.25, -0.2) is 4.68 Å². The Hall–Kier alpha value is -2.66. The fraction of sp³-hybridized carbons (Fsp3) is 0.118. The Balaban J connectivity index is 1.70. The van der Waals surface area contributed by atoms with Gasteiger partial charge in [-0.05, 0) is 18.2 Å². The minimum Gasteiger partial charge on any atom is -0.350 e. The molecule has 1 amide bonds. The summed E-state index contributed by atoms with van der Waals surface area (Å²) in [4.78, 5) is 24.3. The third-order valence-corrected chi connectivity index (χ3v) is 3.82. The molecule has 1 N–H and O–H groups in total. The van der Waals surface area contributed by atoms with Crippen molar-refractivity contribution in [3.8, 4) is 0 Å². The van der Waals surface area contributed by atoms with Crippen molar-refractivity contribution in [1.82, 2.24) is 15.1 Å². The Kier molecular flexibility index (Phi) is 4.39. The van der Waals surface area contributed by atoms with Crippen LogP contribution in [-0.4, -0.2) is 22.2 Å². The van der Waals surface area contributed by atoms with E-state index >= 15 is 0 Å². The molecule has 1 aromatic heterocycles. The van der Waals surface area contributed by atoms with E-state index < -0.39 is 0 Å². The zero-order valence-electron chi connectivity index (χ0n) is 12.2. The molecule has 0 aliphatic rings. The van der Waals surface area contributed by atoms with Crippen molar-refractivity contribution < 1.29 is 4.79 Å². The van der Waals surface area contributed by atoms with Crippen molar-refractivity contribution in [2.45, 2.75) is 6.54 Å². The van der Waals surface area contributed by atoms with Gasteiger partial charge >= 0.3 is 0 Å². The monoisotopic (exact) mass is 327 g/mol. The topological polar surface area (TPSA) is 64.0 Å². The van der Waals surface area contributed by atoms with Crippen LogP contribution in [-0.2, 0) is 6.54 Å². The predicted octanol–water partition coefficient (Wildman–Crippen LogP) is 2.48. The van der Waals surface area contributed by atoms with Gasteiger partial charge in [0, 0.05) is 11.9 Å². The van der Waals surface area contributed by atoms with Crippen molar-refractivity contribution >= 4 is 28.3 Å². The van der Waals surface area contributed by atoms with E-state index in [-0.39, 0.29) is 18.0 Å². The number of hydrogen-bond donors (Lipinski definition) is 1. The fourth-order valence-corrected chi connectivity index (χ4v) is 2.52. The summed E-state index contributed by atoms with van der Waals surface area (Å²) in [5, 5.41) is 8.67. The summed E-state index contributed by atoms with van der Waals surface area (Å²) in [7, 11) is 0. The van der Waals surface area contributed by atoms with E-state index in [1.807, 2.05) is 18.2 Å². The van der Waals surface area contributed by atoms with Crippen molar-refractivity contribution in [3.63, 3.8) is 0 Å². The highest BCUT2D eigenvalue weighted by atomic mass is 35.5. The second-order valence-corrected chi connectivity index (χ2v) is 5.40. The molecular formula is C17H14ClN3O2. The highest BCUT2D eigenvalue weighted by Crippen LogP contribution is 2.14. The van der Waals surface area contributed by atoms with Gasteiger partial charge < -0.3 is 5.32 Å². The second-order valence-electron chi connectivity index (χ2n) is 5.00. The van der Waals surface area contributed by atoms with Crippen LogP contribution >= 0.6 is 11.6 Å². The number of rotatable bonds is 4. The Labute approximate surface area is 137 Å². The Morgan fingerprint density at radius 3 is 2.70 bits per heavy atom. The summed E-state index contributed by atoms with van der Waals surface area (Å²) in [5.74, 6) is -0.274. The van der Waals surface area contributed by atoms with Crippen LogP contribution in [0.25, 0.3) is 10.8 Å². The maximum atomic E-state index is 12.3. The van der Waals surface area contributed by atoms with Crippen LogP contribution in [0, 0.1) is 0 Å². The number of halogens is 1. The first-order chi connectivity index (χ1) is 11.2. The molecule has 2 aromatic carbocycles. The van der Waals surface area contributed by atoms with Crippen molar-refractivity contribution in [1.29, 1.82) is 0 Å². The molecule has 0 unspecified atom stereocenters. The van der Waals surface area contributed by atoms with Crippen LogP contribution in [0.5, 0.6) is 0 Å². The molecule has 23 heavy (non-hydrogen) atoms. The highest BCUT2D eigenvalue weighted by Gasteiger charge is 2.09. The molecule has 5 nitrogen and oxygen atoms in total. The molecule has 6 heteroatoms. The normalized spacial score (nSPS) is 10.7. The molecule has 0 saturated heterocycles. The van der Waals surface area contributed by atoms with E-state index in [2.05, 4.69) is 10.4 Å². The minimum atomic E-state index is -0.274. The molecule has 0 bridgehead atoms. The van der Waals surface area contributed by atoms with Gasteiger partial charge in [-0.2, -0.15) is 5.10 Å². The summed E-state index contributed by atoms with van der Waals surface area (Å²) in [5.41, 5.74) is 0.239. The van der Waals surface area contributed by atoms with Crippen molar-refractivity contribution in [3.05, 3.63) is 75.7 Å². The van der Waals surface area contributed by atoms with E-state index in [4.69, 9.17) is 11.6 Å². The molecule has 1 heterocycles. The number of benzene rings is 2. The predicted molar refractivity (Wildman–Crippen MR) is 89.8 cm³/mol. The van der Waals surface area contributed by atoms with Crippen molar-refractivity contribution in [2.75, 3.05) is 6.54 Å². The summed E-state index contributed by atoms with van der Waals surface area (Å²) in [6.45, 7) is 0.579. The zero-order valence-corrected chi connectivity index (χ0v) is 13.0. The number of amides is 1. The molecule has 116 valence electrons. The first-order valence-electron chi connectivity index (χ1n) is 7.14. The molecule has 0 saturated carbocycles. The van der Waals surface area contributed by atoms with E-state index in [1.165, 1.54) is 4.68 Å². The number of nitrogens with zero attached hydrogens (tertiary/aromatic N) is 2. The van der Waals surface area contributed by atoms with Crippen LogP contribution in [0.4, 0.5) is 0 Å². The quantitative estimate of drug-likeness (QED) is 0.800. The molecule has 0 fully saturated rings. The molecule has 3 rings (SSSR count). The lowest BCUT2D eigenvalue weighted by Crippen LogP contribution is -2.32. The molecule has 0 aliphatic heterocycles. The molecule has 3 aromatic rings. The fourth-order valence-electron chi connectivity index (χ4n) is 2.30. The lowest BCUT2D eigenvalue weighted by atomic mass is 10.2. The average molecular weight is 328 g/mol. The van der Waals surface area contributed by atoms with E-state index in [1.54, 1.807) is 36.5 Å². The van der Waals surface area contributed by atoms with E-state index in [9.17, 15) is 9.59 Å². The van der Waals surface area contributed by atoms with E-state index in [0.717, 1.165) is 5.39 Å². The Morgan fingerprint density at radius 2 is 1.87 bits per heavy atom. The van der Waals surface area contributed by atoms with Gasteiger partial charge in [0.25, 0.3) is 11.5 Å². The summed E-state index contributed by atoms with van der Waals surface area (Å²) < 4.78 is 1.34. The largest absolute Gasteiger partial charge is 0.350 e. The maximum Gasteiger partial charge on any atom is 0.274 e. The number of carbonyl (C=O) groups excluding carboxylic acids is 1. The van der Waals surface area contributed by atoms with E-state index in [0.29, 0.717) is 22.5 Å². The number of hydrogen-bond acceptors (Lipinski definition) is 3. The van der Waals surface area contributed by atoms with Crippen LogP contribution in [0.15, 0.2) is 59.5 Å². The second kappa shape index (κ2) is 6.62. The number of carbonyl (C=O) groups is 1. The third kappa shape index (κ3) is 3.24. The zero-order chi connectivity index (χ0) is 16.2.